The zero-order chi connectivity index (χ0) is 10.8. The summed E-state index contributed by atoms with van der Waals surface area (Å²) >= 11 is 0. The first kappa shape index (κ1) is 10.4. The molecule has 0 spiro atoms. The van der Waals surface area contributed by atoms with Crippen LogP contribution in [0.15, 0.2) is 16.9 Å². The third-order valence-electron chi connectivity index (χ3n) is 3.29. The molecule has 1 N–H and O–H groups in total. The molecule has 0 aliphatic carbocycles. The topological polar surface area (TPSA) is 36.1 Å². The highest BCUT2D eigenvalue weighted by Gasteiger charge is 2.21. The van der Waals surface area contributed by atoms with E-state index in [4.69, 9.17) is 0 Å². The molecule has 2 heterocycles. The molecule has 0 amide bonds. The first-order valence-corrected chi connectivity index (χ1v) is 5.58. The standard InChI is InChI=1S/C12H18N2O/c1-9-10(6-7-12(15)13-9)11-5-3-4-8-14(11)2/h6-7,11H,3-5,8H2,1-2H3,(H,13,15). The number of aryl methyl sites for hydroxylation is 1. The molecule has 1 fully saturated rings. The number of aromatic amines is 1. The average Bonchev–Trinajstić information content (AvgIpc) is 2.20. The van der Waals surface area contributed by atoms with E-state index < -0.39 is 0 Å². The molecule has 1 aliphatic rings. The Labute approximate surface area is 90.1 Å². The normalized spacial score (nSPS) is 22.9. The summed E-state index contributed by atoms with van der Waals surface area (Å²) in [6, 6.07) is 4.08. The largest absolute Gasteiger partial charge is 0.326 e. The summed E-state index contributed by atoms with van der Waals surface area (Å²) in [4.78, 5) is 16.4. The van der Waals surface area contributed by atoms with Gasteiger partial charge in [-0.1, -0.05) is 12.5 Å². The van der Waals surface area contributed by atoms with E-state index in [0.29, 0.717) is 6.04 Å². The van der Waals surface area contributed by atoms with Crippen LogP contribution in [0.2, 0.25) is 0 Å². The molecule has 1 atom stereocenters. The van der Waals surface area contributed by atoms with Gasteiger partial charge in [-0.25, -0.2) is 0 Å². The van der Waals surface area contributed by atoms with E-state index >= 15 is 0 Å². The van der Waals surface area contributed by atoms with Crippen molar-refractivity contribution in [1.82, 2.24) is 9.88 Å². The Morgan fingerprint density at radius 2 is 2.20 bits per heavy atom. The van der Waals surface area contributed by atoms with Crippen LogP contribution in [0.1, 0.15) is 36.6 Å². The number of rotatable bonds is 1. The Morgan fingerprint density at radius 3 is 2.87 bits per heavy atom. The van der Waals surface area contributed by atoms with E-state index in [1.807, 2.05) is 13.0 Å². The smallest absolute Gasteiger partial charge is 0.248 e. The average molecular weight is 206 g/mol. The Kier molecular flexibility index (Phi) is 2.91. The first-order valence-electron chi connectivity index (χ1n) is 5.58. The second-order valence-corrected chi connectivity index (χ2v) is 4.40. The second-order valence-electron chi connectivity index (χ2n) is 4.40. The summed E-state index contributed by atoms with van der Waals surface area (Å²) in [6.07, 6.45) is 3.77. The molecule has 15 heavy (non-hydrogen) atoms. The molecule has 82 valence electrons. The molecule has 0 radical (unpaired) electrons. The Bertz CT molecular complexity index is 397. The quantitative estimate of drug-likeness (QED) is 0.761. The van der Waals surface area contributed by atoms with Crippen molar-refractivity contribution in [3.63, 3.8) is 0 Å². The van der Waals surface area contributed by atoms with E-state index in [0.717, 1.165) is 12.2 Å². The maximum absolute atomic E-state index is 11.1. The van der Waals surface area contributed by atoms with Gasteiger partial charge in [0.25, 0.3) is 0 Å². The molecule has 2 rings (SSSR count). The molecule has 1 aromatic heterocycles. The second kappa shape index (κ2) is 4.19. The van der Waals surface area contributed by atoms with Crippen LogP contribution in [0.4, 0.5) is 0 Å². The van der Waals surface area contributed by atoms with Gasteiger partial charge in [-0.05, 0) is 38.9 Å². The van der Waals surface area contributed by atoms with Crippen molar-refractivity contribution in [1.29, 1.82) is 0 Å². The highest BCUT2D eigenvalue weighted by molar-refractivity contribution is 5.22. The maximum Gasteiger partial charge on any atom is 0.248 e. The van der Waals surface area contributed by atoms with E-state index in [-0.39, 0.29) is 5.56 Å². The van der Waals surface area contributed by atoms with Gasteiger partial charge in [-0.3, -0.25) is 9.69 Å². The van der Waals surface area contributed by atoms with Gasteiger partial charge in [-0.15, -0.1) is 0 Å². The maximum atomic E-state index is 11.1. The van der Waals surface area contributed by atoms with Crippen LogP contribution in [-0.4, -0.2) is 23.5 Å². The van der Waals surface area contributed by atoms with Crippen LogP contribution in [0.25, 0.3) is 0 Å². The van der Waals surface area contributed by atoms with E-state index in [2.05, 4.69) is 16.9 Å². The third-order valence-corrected chi connectivity index (χ3v) is 3.29. The molecule has 0 saturated carbocycles. The van der Waals surface area contributed by atoms with Crippen molar-refractivity contribution in [2.24, 2.45) is 0 Å². The SMILES string of the molecule is Cc1[nH]c(=O)ccc1C1CCCCN1C. The van der Waals surface area contributed by atoms with Crippen LogP contribution in [0.3, 0.4) is 0 Å². The van der Waals surface area contributed by atoms with Crippen LogP contribution in [0, 0.1) is 6.92 Å². The predicted molar refractivity (Wildman–Crippen MR) is 61.0 cm³/mol. The zero-order valence-electron chi connectivity index (χ0n) is 9.42. The monoisotopic (exact) mass is 206 g/mol. The molecule has 1 aromatic rings. The van der Waals surface area contributed by atoms with Gasteiger partial charge in [0.1, 0.15) is 0 Å². The number of pyridine rings is 1. The molecule has 1 saturated heterocycles. The Morgan fingerprint density at radius 1 is 1.40 bits per heavy atom. The summed E-state index contributed by atoms with van der Waals surface area (Å²) < 4.78 is 0. The fraction of sp³-hybridized carbons (Fsp3) is 0.583. The summed E-state index contributed by atoms with van der Waals surface area (Å²) in [5, 5.41) is 0. The van der Waals surface area contributed by atoms with E-state index in [1.165, 1.54) is 24.8 Å². The summed E-state index contributed by atoms with van der Waals surface area (Å²) in [7, 11) is 2.16. The molecule has 0 bridgehead atoms. The lowest BCUT2D eigenvalue weighted by Gasteiger charge is -2.33. The van der Waals surface area contributed by atoms with Gasteiger partial charge in [0.15, 0.2) is 0 Å². The minimum Gasteiger partial charge on any atom is -0.326 e. The van der Waals surface area contributed by atoms with Crippen molar-refractivity contribution in [3.8, 4) is 0 Å². The molecule has 1 unspecified atom stereocenters. The minimum absolute atomic E-state index is 0.00490. The lowest BCUT2D eigenvalue weighted by atomic mass is 9.95. The highest BCUT2D eigenvalue weighted by atomic mass is 16.1. The van der Waals surface area contributed by atoms with Gasteiger partial charge < -0.3 is 4.98 Å². The first-order chi connectivity index (χ1) is 7.18. The fourth-order valence-corrected chi connectivity index (χ4v) is 2.42. The third kappa shape index (κ3) is 2.12. The summed E-state index contributed by atoms with van der Waals surface area (Å²) in [6.45, 7) is 3.14. The van der Waals surface area contributed by atoms with Gasteiger partial charge >= 0.3 is 0 Å². The number of likely N-dealkylation sites (tertiary alicyclic amines) is 1. The lowest BCUT2D eigenvalue weighted by Crippen LogP contribution is -2.30. The van der Waals surface area contributed by atoms with Crippen molar-refractivity contribution in [2.45, 2.75) is 32.2 Å². The van der Waals surface area contributed by atoms with Gasteiger partial charge in [-0.2, -0.15) is 0 Å². The van der Waals surface area contributed by atoms with Gasteiger partial charge in [0.2, 0.25) is 5.56 Å². The molecule has 3 nitrogen and oxygen atoms in total. The molecule has 3 heteroatoms. The Hall–Kier alpha value is -1.09. The van der Waals surface area contributed by atoms with Crippen LogP contribution in [-0.2, 0) is 0 Å². The number of H-pyrrole nitrogens is 1. The summed E-state index contributed by atoms with van der Waals surface area (Å²) in [5.41, 5.74) is 2.28. The molecular weight excluding hydrogens is 188 g/mol. The number of nitrogens with one attached hydrogen (secondary N) is 1. The summed E-state index contributed by atoms with van der Waals surface area (Å²) in [5.74, 6) is 0. The molecule has 1 aliphatic heterocycles. The molecule has 0 aromatic carbocycles. The number of piperidine rings is 1. The fourth-order valence-electron chi connectivity index (χ4n) is 2.42. The van der Waals surface area contributed by atoms with Crippen molar-refractivity contribution < 1.29 is 0 Å². The van der Waals surface area contributed by atoms with Crippen molar-refractivity contribution in [3.05, 3.63) is 33.7 Å². The lowest BCUT2D eigenvalue weighted by molar-refractivity contribution is 0.186. The van der Waals surface area contributed by atoms with Crippen LogP contribution in [0.5, 0.6) is 0 Å². The molecular formula is C12H18N2O. The number of hydrogen-bond donors (Lipinski definition) is 1. The number of hydrogen-bond acceptors (Lipinski definition) is 2. The van der Waals surface area contributed by atoms with Crippen molar-refractivity contribution >= 4 is 0 Å². The van der Waals surface area contributed by atoms with Crippen LogP contribution >= 0.6 is 0 Å². The van der Waals surface area contributed by atoms with Crippen LogP contribution < -0.4 is 5.56 Å². The number of nitrogens with zero attached hydrogens (tertiary/aromatic N) is 1. The highest BCUT2D eigenvalue weighted by Crippen LogP contribution is 2.29. The van der Waals surface area contributed by atoms with E-state index in [9.17, 15) is 4.79 Å². The predicted octanol–water partition coefficient (Wildman–Crippen LogP) is 1.84. The van der Waals surface area contributed by atoms with Gasteiger partial charge in [0.05, 0.1) is 0 Å². The van der Waals surface area contributed by atoms with E-state index in [1.54, 1.807) is 6.07 Å². The number of aromatic nitrogens is 1. The Balaban J connectivity index is 2.31. The van der Waals surface area contributed by atoms with Crippen molar-refractivity contribution in [2.75, 3.05) is 13.6 Å². The minimum atomic E-state index is -0.00490. The van der Waals surface area contributed by atoms with Gasteiger partial charge in [0, 0.05) is 17.8 Å². The zero-order valence-corrected chi connectivity index (χ0v) is 9.42.